The van der Waals surface area contributed by atoms with E-state index in [1.54, 1.807) is 0 Å². The Morgan fingerprint density at radius 1 is 1.25 bits per heavy atom. The van der Waals surface area contributed by atoms with Gasteiger partial charge in [-0.3, -0.25) is 4.79 Å². The number of ketones is 1. The van der Waals surface area contributed by atoms with Crippen molar-refractivity contribution >= 4 is 5.78 Å². The van der Waals surface area contributed by atoms with Crippen molar-refractivity contribution in [2.75, 3.05) is 0 Å². The van der Waals surface area contributed by atoms with E-state index in [0.29, 0.717) is 0 Å². The number of rotatable bonds is 5. The van der Waals surface area contributed by atoms with Gasteiger partial charge in [-0.05, 0) is 11.8 Å². The summed E-state index contributed by atoms with van der Waals surface area (Å²) in [6.07, 6.45) is -5.10. The van der Waals surface area contributed by atoms with Gasteiger partial charge in [-0.15, -0.1) is 0 Å². The van der Waals surface area contributed by atoms with Crippen molar-refractivity contribution in [2.45, 2.75) is 58.7 Å². The average molecular weight is 239 g/mol. The number of nitrogens with two attached hydrogens (primary N) is 1. The standard InChI is InChI=1S/C11H20F3NO/c1-10(2,3)9(15)7-8(16)5-4-6-11(12,13)14/h9H,4-7,15H2,1-3H3. The molecule has 0 fully saturated rings. The lowest BCUT2D eigenvalue weighted by atomic mass is 9.84. The molecule has 96 valence electrons. The number of Topliss-reactive ketones (excluding diaryl/α,β-unsaturated/α-hetero) is 1. The number of carbonyl (C=O) groups is 1. The highest BCUT2D eigenvalue weighted by Gasteiger charge is 2.27. The van der Waals surface area contributed by atoms with E-state index in [9.17, 15) is 18.0 Å². The van der Waals surface area contributed by atoms with E-state index >= 15 is 0 Å². The van der Waals surface area contributed by atoms with Gasteiger partial charge in [0.2, 0.25) is 0 Å². The molecule has 5 heteroatoms. The van der Waals surface area contributed by atoms with Gasteiger partial charge < -0.3 is 5.73 Å². The summed E-state index contributed by atoms with van der Waals surface area (Å²) in [5.74, 6) is -0.188. The Labute approximate surface area is 94.4 Å². The minimum absolute atomic E-state index is 0.0384. The SMILES string of the molecule is CC(C)(C)C(N)CC(=O)CCCC(F)(F)F. The summed E-state index contributed by atoms with van der Waals surface area (Å²) in [7, 11) is 0. The van der Waals surface area contributed by atoms with Crippen LogP contribution in [0, 0.1) is 5.41 Å². The molecule has 0 saturated carbocycles. The van der Waals surface area contributed by atoms with E-state index in [4.69, 9.17) is 5.73 Å². The topological polar surface area (TPSA) is 43.1 Å². The van der Waals surface area contributed by atoms with Gasteiger partial charge in [0, 0.05) is 25.3 Å². The first-order valence-electron chi connectivity index (χ1n) is 5.36. The van der Waals surface area contributed by atoms with Crippen molar-refractivity contribution in [3.63, 3.8) is 0 Å². The predicted octanol–water partition coefficient (Wildman–Crippen LogP) is 3.05. The molecule has 0 saturated heterocycles. The van der Waals surface area contributed by atoms with Crippen LogP contribution in [0.3, 0.4) is 0 Å². The van der Waals surface area contributed by atoms with Crippen LogP contribution in [0.1, 0.15) is 46.5 Å². The normalized spacial score (nSPS) is 14.9. The Bertz CT molecular complexity index is 230. The van der Waals surface area contributed by atoms with Gasteiger partial charge in [0.15, 0.2) is 0 Å². The van der Waals surface area contributed by atoms with Crippen LogP contribution in [0.4, 0.5) is 13.2 Å². The molecular weight excluding hydrogens is 219 g/mol. The zero-order valence-electron chi connectivity index (χ0n) is 10.0. The highest BCUT2D eigenvalue weighted by Crippen LogP contribution is 2.24. The lowest BCUT2D eigenvalue weighted by molar-refractivity contribution is -0.137. The molecule has 0 aromatic rings. The van der Waals surface area contributed by atoms with Crippen molar-refractivity contribution in [2.24, 2.45) is 11.1 Å². The summed E-state index contributed by atoms with van der Waals surface area (Å²) < 4.78 is 35.5. The van der Waals surface area contributed by atoms with Crippen LogP contribution in [0.5, 0.6) is 0 Å². The Kier molecular flexibility index (Phi) is 5.46. The van der Waals surface area contributed by atoms with Gasteiger partial charge >= 0.3 is 6.18 Å². The Morgan fingerprint density at radius 3 is 2.12 bits per heavy atom. The molecule has 0 aliphatic carbocycles. The summed E-state index contributed by atoms with van der Waals surface area (Å²) in [6, 6.07) is -0.300. The smallest absolute Gasteiger partial charge is 0.327 e. The van der Waals surface area contributed by atoms with E-state index in [0.717, 1.165) is 0 Å². The van der Waals surface area contributed by atoms with Crippen molar-refractivity contribution in [1.29, 1.82) is 0 Å². The second-order valence-electron chi connectivity index (χ2n) is 5.18. The molecule has 1 unspecified atom stereocenters. The fourth-order valence-corrected chi connectivity index (χ4v) is 1.14. The van der Waals surface area contributed by atoms with Gasteiger partial charge in [0.1, 0.15) is 5.78 Å². The minimum atomic E-state index is -4.17. The summed E-state index contributed by atoms with van der Waals surface area (Å²) in [4.78, 5) is 11.3. The number of halogens is 3. The molecule has 0 heterocycles. The van der Waals surface area contributed by atoms with Gasteiger partial charge in [-0.2, -0.15) is 13.2 Å². The second kappa shape index (κ2) is 5.66. The zero-order chi connectivity index (χ0) is 13.0. The van der Waals surface area contributed by atoms with Crippen molar-refractivity contribution < 1.29 is 18.0 Å². The third kappa shape index (κ3) is 7.68. The summed E-state index contributed by atoms with van der Waals surface area (Å²) in [6.45, 7) is 5.71. The van der Waals surface area contributed by atoms with Crippen molar-refractivity contribution in [3.8, 4) is 0 Å². The number of hydrogen-bond acceptors (Lipinski definition) is 2. The van der Waals surface area contributed by atoms with Crippen molar-refractivity contribution in [3.05, 3.63) is 0 Å². The molecule has 0 rings (SSSR count). The quantitative estimate of drug-likeness (QED) is 0.801. The van der Waals surface area contributed by atoms with Gasteiger partial charge in [0.25, 0.3) is 0 Å². The van der Waals surface area contributed by atoms with Gasteiger partial charge in [0.05, 0.1) is 0 Å². The third-order valence-corrected chi connectivity index (χ3v) is 2.48. The molecule has 0 bridgehead atoms. The fourth-order valence-electron chi connectivity index (χ4n) is 1.14. The molecule has 0 aromatic carbocycles. The zero-order valence-corrected chi connectivity index (χ0v) is 10.0. The first-order chi connectivity index (χ1) is 7.02. The van der Waals surface area contributed by atoms with Crippen LogP contribution in [-0.4, -0.2) is 18.0 Å². The summed E-state index contributed by atoms with van der Waals surface area (Å²) in [5.41, 5.74) is 5.57. The van der Waals surface area contributed by atoms with Crippen LogP contribution >= 0.6 is 0 Å². The molecule has 0 radical (unpaired) electrons. The average Bonchev–Trinajstić information content (AvgIpc) is 1.99. The van der Waals surface area contributed by atoms with E-state index < -0.39 is 12.6 Å². The van der Waals surface area contributed by atoms with Gasteiger partial charge in [-0.25, -0.2) is 0 Å². The van der Waals surface area contributed by atoms with E-state index in [1.807, 2.05) is 20.8 Å². The van der Waals surface area contributed by atoms with Crippen LogP contribution in [-0.2, 0) is 4.79 Å². The van der Waals surface area contributed by atoms with Crippen LogP contribution < -0.4 is 5.73 Å². The Morgan fingerprint density at radius 2 is 1.75 bits per heavy atom. The second-order valence-corrected chi connectivity index (χ2v) is 5.18. The molecular formula is C11H20F3NO. The summed E-state index contributed by atoms with van der Waals surface area (Å²) >= 11 is 0. The van der Waals surface area contributed by atoms with E-state index in [2.05, 4.69) is 0 Å². The molecule has 0 aliphatic rings. The molecule has 0 amide bonds. The Balaban J connectivity index is 3.84. The van der Waals surface area contributed by atoms with Crippen LogP contribution in [0.2, 0.25) is 0 Å². The molecule has 1 atom stereocenters. The van der Waals surface area contributed by atoms with Gasteiger partial charge in [-0.1, -0.05) is 20.8 Å². The van der Waals surface area contributed by atoms with Crippen LogP contribution in [0.25, 0.3) is 0 Å². The highest BCUT2D eigenvalue weighted by atomic mass is 19.4. The monoisotopic (exact) mass is 239 g/mol. The third-order valence-electron chi connectivity index (χ3n) is 2.48. The maximum atomic E-state index is 11.8. The molecule has 2 N–H and O–H groups in total. The maximum absolute atomic E-state index is 11.8. The van der Waals surface area contributed by atoms with E-state index in [1.165, 1.54) is 0 Å². The Hall–Kier alpha value is -0.580. The molecule has 0 aliphatic heterocycles. The lowest BCUT2D eigenvalue weighted by Crippen LogP contribution is -2.36. The number of carbonyl (C=O) groups excluding carboxylic acids is 1. The number of hydrogen-bond donors (Lipinski definition) is 1. The number of alkyl halides is 3. The first kappa shape index (κ1) is 15.4. The molecule has 16 heavy (non-hydrogen) atoms. The fraction of sp³-hybridized carbons (Fsp3) is 0.909. The molecule has 2 nitrogen and oxygen atoms in total. The first-order valence-corrected chi connectivity index (χ1v) is 5.36. The maximum Gasteiger partial charge on any atom is 0.389 e. The van der Waals surface area contributed by atoms with Crippen molar-refractivity contribution in [1.82, 2.24) is 0 Å². The lowest BCUT2D eigenvalue weighted by Gasteiger charge is -2.26. The minimum Gasteiger partial charge on any atom is -0.327 e. The van der Waals surface area contributed by atoms with Crippen LogP contribution in [0.15, 0.2) is 0 Å². The predicted molar refractivity (Wildman–Crippen MR) is 57.0 cm³/mol. The largest absolute Gasteiger partial charge is 0.389 e. The molecule has 0 spiro atoms. The highest BCUT2D eigenvalue weighted by molar-refractivity contribution is 5.79. The molecule has 0 aromatic heterocycles. The summed E-state index contributed by atoms with van der Waals surface area (Å²) in [5, 5.41) is 0. The van der Waals surface area contributed by atoms with E-state index in [-0.39, 0.29) is 36.5 Å².